The number of primary amides is 1. The molecule has 0 saturated heterocycles. The van der Waals surface area contributed by atoms with Gasteiger partial charge in [-0.1, -0.05) is 12.1 Å². The van der Waals surface area contributed by atoms with E-state index in [1.165, 1.54) is 24.4 Å². The predicted molar refractivity (Wildman–Crippen MR) is 120 cm³/mol. The van der Waals surface area contributed by atoms with E-state index in [1.807, 2.05) is 4.57 Å². The molecule has 0 atom stereocenters. The molecule has 3 aromatic heterocycles. The molecule has 0 unspecified atom stereocenters. The lowest BCUT2D eigenvalue weighted by atomic mass is 10.0. The molecule has 1 aliphatic rings. The third-order valence-electron chi connectivity index (χ3n) is 6.09. The first-order valence-corrected chi connectivity index (χ1v) is 10.6. The largest absolute Gasteiger partial charge is 0.366 e. The Bertz CT molecular complexity index is 1640. The van der Waals surface area contributed by atoms with E-state index in [2.05, 4.69) is 9.97 Å². The molecule has 2 N–H and O–H groups in total. The molecule has 1 amide bonds. The second kappa shape index (κ2) is 7.38. The van der Waals surface area contributed by atoms with E-state index in [4.69, 9.17) is 10.7 Å². The van der Waals surface area contributed by atoms with Crippen molar-refractivity contribution in [2.45, 2.75) is 18.8 Å². The SMILES string of the molecule is NC(=O)c1cc(-c2ccnc(F)c2F)cc2c1nc(C1CC1)n2-c1ccnc2c(F)cccc12. The summed E-state index contributed by atoms with van der Waals surface area (Å²) in [6, 6.07) is 10.8. The van der Waals surface area contributed by atoms with E-state index < -0.39 is 23.5 Å². The number of halogens is 3. The van der Waals surface area contributed by atoms with Crippen LogP contribution in [0.1, 0.15) is 34.9 Å². The summed E-state index contributed by atoms with van der Waals surface area (Å²) < 4.78 is 44.8. The van der Waals surface area contributed by atoms with Crippen molar-refractivity contribution in [1.29, 1.82) is 0 Å². The van der Waals surface area contributed by atoms with Gasteiger partial charge in [0.2, 0.25) is 5.95 Å². The maximum Gasteiger partial charge on any atom is 0.250 e. The summed E-state index contributed by atoms with van der Waals surface area (Å²) in [5, 5.41) is 0.552. The Hall–Kier alpha value is -4.27. The summed E-state index contributed by atoms with van der Waals surface area (Å²) in [6.45, 7) is 0. The van der Waals surface area contributed by atoms with Crippen LogP contribution in [0, 0.1) is 17.6 Å². The highest BCUT2D eigenvalue weighted by Gasteiger charge is 2.32. The van der Waals surface area contributed by atoms with Crippen molar-refractivity contribution < 1.29 is 18.0 Å². The summed E-state index contributed by atoms with van der Waals surface area (Å²) in [4.78, 5) is 24.6. The smallest absolute Gasteiger partial charge is 0.250 e. The zero-order valence-corrected chi connectivity index (χ0v) is 17.6. The Kier molecular flexibility index (Phi) is 4.41. The van der Waals surface area contributed by atoms with Crippen LogP contribution in [0.4, 0.5) is 13.2 Å². The number of nitrogens with zero attached hydrogens (tertiary/aromatic N) is 4. The summed E-state index contributed by atoms with van der Waals surface area (Å²) in [5.74, 6) is -2.77. The van der Waals surface area contributed by atoms with Crippen LogP contribution in [0.2, 0.25) is 0 Å². The molecule has 6 rings (SSSR count). The Morgan fingerprint density at radius 3 is 2.56 bits per heavy atom. The molecule has 34 heavy (non-hydrogen) atoms. The van der Waals surface area contributed by atoms with Gasteiger partial charge < -0.3 is 5.73 Å². The molecule has 1 saturated carbocycles. The minimum atomic E-state index is -1.25. The van der Waals surface area contributed by atoms with Gasteiger partial charge in [-0.2, -0.15) is 4.39 Å². The fraction of sp³-hybridized carbons (Fsp3) is 0.120. The van der Waals surface area contributed by atoms with Gasteiger partial charge in [0.05, 0.1) is 16.8 Å². The van der Waals surface area contributed by atoms with Gasteiger partial charge in [0, 0.05) is 29.3 Å². The monoisotopic (exact) mass is 459 g/mol. The van der Waals surface area contributed by atoms with Gasteiger partial charge in [0.15, 0.2) is 5.82 Å². The number of fused-ring (bicyclic) bond motifs is 2. The van der Waals surface area contributed by atoms with Gasteiger partial charge in [-0.15, -0.1) is 0 Å². The normalized spacial score (nSPS) is 13.6. The lowest BCUT2D eigenvalue weighted by Gasteiger charge is -2.13. The van der Waals surface area contributed by atoms with Crippen LogP contribution in [0.3, 0.4) is 0 Å². The van der Waals surface area contributed by atoms with E-state index in [9.17, 15) is 18.0 Å². The van der Waals surface area contributed by atoms with Crippen LogP contribution in [-0.2, 0) is 0 Å². The van der Waals surface area contributed by atoms with E-state index in [1.54, 1.807) is 24.3 Å². The topological polar surface area (TPSA) is 86.7 Å². The fourth-order valence-corrected chi connectivity index (χ4v) is 4.37. The highest BCUT2D eigenvalue weighted by atomic mass is 19.2. The number of nitrogens with two attached hydrogens (primary N) is 1. The quantitative estimate of drug-likeness (QED) is 0.382. The highest BCUT2D eigenvalue weighted by molar-refractivity contribution is 6.07. The third kappa shape index (κ3) is 3.04. The molecular formula is C25H16F3N5O. The van der Waals surface area contributed by atoms with E-state index >= 15 is 0 Å². The number of rotatable bonds is 4. The predicted octanol–water partition coefficient (Wildman–Crippen LogP) is 5.03. The van der Waals surface area contributed by atoms with Crippen molar-refractivity contribution in [2.24, 2.45) is 5.73 Å². The average Bonchev–Trinajstić information content (AvgIpc) is 3.60. The molecular weight excluding hydrogens is 443 g/mol. The van der Waals surface area contributed by atoms with Crippen LogP contribution < -0.4 is 5.73 Å². The zero-order chi connectivity index (χ0) is 23.6. The first kappa shape index (κ1) is 20.3. The second-order valence-electron chi connectivity index (χ2n) is 8.26. The zero-order valence-electron chi connectivity index (χ0n) is 17.6. The van der Waals surface area contributed by atoms with Crippen LogP contribution in [0.5, 0.6) is 0 Å². The van der Waals surface area contributed by atoms with Crippen LogP contribution >= 0.6 is 0 Å². The highest BCUT2D eigenvalue weighted by Crippen LogP contribution is 2.43. The Balaban J connectivity index is 1.74. The van der Waals surface area contributed by atoms with Gasteiger partial charge in [-0.3, -0.25) is 14.3 Å². The number of hydrogen-bond donors (Lipinski definition) is 1. The Labute approximate surface area is 190 Å². The average molecular weight is 459 g/mol. The van der Waals surface area contributed by atoms with Gasteiger partial charge in [0.25, 0.3) is 5.91 Å². The molecule has 0 aliphatic heterocycles. The van der Waals surface area contributed by atoms with Gasteiger partial charge in [0.1, 0.15) is 22.7 Å². The summed E-state index contributed by atoms with van der Waals surface area (Å²) in [6.07, 6.45) is 4.46. The standard InChI is InChI=1S/C25H16F3N5O/c26-17-3-1-2-15-18(7-9-30-21(15)17)33-19-11-13(14-6-8-31-23(28)20(14)27)10-16(24(29)34)22(19)32-25(33)12-4-5-12/h1-3,6-12H,4-5H2,(H2,29,34). The number of para-hydroxylation sites is 1. The molecule has 9 heteroatoms. The minimum Gasteiger partial charge on any atom is -0.366 e. The van der Waals surface area contributed by atoms with Crippen molar-refractivity contribution in [3.63, 3.8) is 0 Å². The van der Waals surface area contributed by atoms with Crippen LogP contribution in [-0.4, -0.2) is 25.4 Å². The van der Waals surface area contributed by atoms with Gasteiger partial charge in [-0.25, -0.2) is 18.7 Å². The lowest BCUT2D eigenvalue weighted by molar-refractivity contribution is 0.100. The molecule has 3 heterocycles. The molecule has 1 aliphatic carbocycles. The van der Waals surface area contributed by atoms with Crippen molar-refractivity contribution >= 4 is 27.8 Å². The van der Waals surface area contributed by atoms with Gasteiger partial charge >= 0.3 is 0 Å². The lowest BCUT2D eigenvalue weighted by Crippen LogP contribution is -2.12. The van der Waals surface area contributed by atoms with E-state index in [-0.39, 0.29) is 28.1 Å². The second-order valence-corrected chi connectivity index (χ2v) is 8.26. The van der Waals surface area contributed by atoms with Crippen molar-refractivity contribution in [3.05, 3.63) is 83.8 Å². The van der Waals surface area contributed by atoms with E-state index in [0.717, 1.165) is 19.0 Å². The molecule has 0 radical (unpaired) electrons. The molecule has 2 aromatic carbocycles. The first-order valence-electron chi connectivity index (χ1n) is 10.6. The first-order chi connectivity index (χ1) is 16.4. The number of imidazole rings is 1. The molecule has 1 fully saturated rings. The number of carbonyl (C=O) groups is 1. The maximum absolute atomic E-state index is 14.6. The summed E-state index contributed by atoms with van der Waals surface area (Å²) in [7, 11) is 0. The minimum absolute atomic E-state index is 0.0664. The summed E-state index contributed by atoms with van der Waals surface area (Å²) in [5.41, 5.74) is 7.54. The number of amides is 1. The molecule has 5 aromatic rings. The Morgan fingerprint density at radius 2 is 1.79 bits per heavy atom. The van der Waals surface area contributed by atoms with Crippen molar-refractivity contribution in [3.8, 4) is 16.8 Å². The molecule has 6 nitrogen and oxygen atoms in total. The number of benzene rings is 2. The van der Waals surface area contributed by atoms with E-state index in [0.29, 0.717) is 27.9 Å². The van der Waals surface area contributed by atoms with Crippen LogP contribution in [0.25, 0.3) is 38.8 Å². The number of carbonyl (C=O) groups excluding carboxylic acids is 1. The summed E-state index contributed by atoms with van der Waals surface area (Å²) >= 11 is 0. The van der Waals surface area contributed by atoms with Crippen molar-refractivity contribution in [1.82, 2.24) is 19.5 Å². The van der Waals surface area contributed by atoms with Crippen LogP contribution in [0.15, 0.2) is 54.9 Å². The third-order valence-corrected chi connectivity index (χ3v) is 6.09. The molecule has 168 valence electrons. The number of hydrogen-bond acceptors (Lipinski definition) is 4. The molecule has 0 spiro atoms. The maximum atomic E-state index is 14.6. The molecule has 0 bridgehead atoms. The van der Waals surface area contributed by atoms with Gasteiger partial charge in [-0.05, 0) is 48.7 Å². The number of pyridine rings is 2. The number of aromatic nitrogens is 4. The fourth-order valence-electron chi connectivity index (χ4n) is 4.37. The van der Waals surface area contributed by atoms with Crippen molar-refractivity contribution in [2.75, 3.05) is 0 Å². The Morgan fingerprint density at radius 1 is 1.00 bits per heavy atom.